The molecule has 204 valence electrons. The maximum Gasteiger partial charge on any atom is 0.416 e. The number of fused-ring (bicyclic) bond motifs is 1. The fourth-order valence-corrected chi connectivity index (χ4v) is 7.77. The van der Waals surface area contributed by atoms with E-state index in [-0.39, 0.29) is 5.56 Å². The molecule has 0 radical (unpaired) electrons. The van der Waals surface area contributed by atoms with Crippen molar-refractivity contribution >= 4 is 29.3 Å². The minimum Gasteiger partial charge on any atom is -0.363 e. The lowest BCUT2D eigenvalue weighted by atomic mass is 9.97. The quantitative estimate of drug-likeness (QED) is 0.281. The number of alkyl halides is 3. The average molecular weight is 554 g/mol. The Kier molecular flexibility index (Phi) is 7.49. The van der Waals surface area contributed by atoms with Gasteiger partial charge in [0, 0.05) is 37.3 Å². The van der Waals surface area contributed by atoms with Crippen LogP contribution in [0.2, 0.25) is 0 Å². The zero-order valence-electron chi connectivity index (χ0n) is 22.2. The van der Waals surface area contributed by atoms with Crippen molar-refractivity contribution in [3.8, 4) is 0 Å². The Morgan fingerprint density at radius 3 is 2.44 bits per heavy atom. The molecule has 4 aromatic rings. The SMILES string of the molecule is Cc1nc(N[C@H](C)c2cccc(C(F)(F)F)c2C)c2cc(P3(=O)CCN(Cc4ccccc4)CC3)ncc2n1. The van der Waals surface area contributed by atoms with Gasteiger partial charge in [-0.25, -0.2) is 9.97 Å². The van der Waals surface area contributed by atoms with Crippen LogP contribution in [0.3, 0.4) is 0 Å². The first kappa shape index (κ1) is 27.3. The fourth-order valence-electron chi connectivity index (χ4n) is 5.24. The molecule has 3 heterocycles. The summed E-state index contributed by atoms with van der Waals surface area (Å²) < 4.78 is 54.5. The average Bonchev–Trinajstić information content (AvgIpc) is 2.90. The molecule has 0 aliphatic carbocycles. The van der Waals surface area contributed by atoms with E-state index in [0.29, 0.717) is 59.0 Å². The Morgan fingerprint density at radius 1 is 1.03 bits per heavy atom. The summed E-state index contributed by atoms with van der Waals surface area (Å²) in [6.07, 6.45) is -1.73. The number of hydrogen-bond donors (Lipinski definition) is 1. The topological polar surface area (TPSA) is 71.0 Å². The van der Waals surface area contributed by atoms with E-state index in [9.17, 15) is 17.7 Å². The number of hydrogen-bond acceptors (Lipinski definition) is 6. The molecule has 0 amide bonds. The lowest BCUT2D eigenvalue weighted by Gasteiger charge is -2.32. The van der Waals surface area contributed by atoms with Crippen LogP contribution in [0.4, 0.5) is 19.0 Å². The summed E-state index contributed by atoms with van der Waals surface area (Å²) in [4.78, 5) is 15.9. The van der Waals surface area contributed by atoms with Gasteiger partial charge in [-0.15, -0.1) is 0 Å². The molecule has 0 saturated carbocycles. The predicted octanol–water partition coefficient (Wildman–Crippen LogP) is 6.34. The highest BCUT2D eigenvalue weighted by molar-refractivity contribution is 7.71. The molecule has 1 fully saturated rings. The molecular formula is C29H31F3N5OP. The number of benzene rings is 2. The summed E-state index contributed by atoms with van der Waals surface area (Å²) in [5.74, 6) is 0.994. The standard InChI is InChI=1S/C29H31F3N5OP/c1-19-23(10-7-11-25(19)29(30,31)32)20(2)34-28-24-16-27(33-17-26(24)35-21(3)36-28)39(38)14-12-37(13-15-39)18-22-8-5-4-6-9-22/h4-11,16-17,20H,12-15,18H2,1-3H3,(H,34,35,36)/t20-/m1/s1. The number of aromatic nitrogens is 3. The van der Waals surface area contributed by atoms with Crippen molar-refractivity contribution in [1.82, 2.24) is 19.9 Å². The molecule has 10 heteroatoms. The van der Waals surface area contributed by atoms with Crippen LogP contribution in [0, 0.1) is 13.8 Å². The van der Waals surface area contributed by atoms with Gasteiger partial charge in [-0.1, -0.05) is 42.5 Å². The van der Waals surface area contributed by atoms with Crippen LogP contribution in [0.5, 0.6) is 0 Å². The monoisotopic (exact) mass is 553 g/mol. The van der Waals surface area contributed by atoms with Crippen LogP contribution in [-0.2, 0) is 17.3 Å². The molecular weight excluding hydrogens is 522 g/mol. The lowest BCUT2D eigenvalue weighted by molar-refractivity contribution is -0.138. The Morgan fingerprint density at radius 2 is 1.74 bits per heavy atom. The largest absolute Gasteiger partial charge is 0.416 e. The second kappa shape index (κ2) is 10.7. The van der Waals surface area contributed by atoms with Crippen LogP contribution < -0.4 is 10.8 Å². The van der Waals surface area contributed by atoms with Crippen molar-refractivity contribution < 1.29 is 17.7 Å². The van der Waals surface area contributed by atoms with E-state index in [0.717, 1.165) is 12.6 Å². The Labute approximate surface area is 226 Å². The number of nitrogens with zero attached hydrogens (tertiary/aromatic N) is 4. The minimum absolute atomic E-state index is 0.175. The second-order valence-electron chi connectivity index (χ2n) is 10.2. The third-order valence-electron chi connectivity index (χ3n) is 7.40. The number of anilines is 1. The van der Waals surface area contributed by atoms with Crippen LogP contribution in [0.15, 0.2) is 60.8 Å². The number of aryl methyl sites for hydroxylation is 1. The summed E-state index contributed by atoms with van der Waals surface area (Å²) in [7, 11) is -2.73. The van der Waals surface area contributed by atoms with Crippen molar-refractivity contribution in [2.24, 2.45) is 0 Å². The molecule has 1 saturated heterocycles. The third kappa shape index (κ3) is 5.85. The molecule has 0 unspecified atom stereocenters. The van der Waals surface area contributed by atoms with Gasteiger partial charge in [-0.3, -0.25) is 9.88 Å². The zero-order valence-corrected chi connectivity index (χ0v) is 23.1. The molecule has 6 nitrogen and oxygen atoms in total. The molecule has 1 N–H and O–H groups in total. The Hall–Kier alpha value is -3.29. The van der Waals surface area contributed by atoms with Gasteiger partial charge in [0.25, 0.3) is 0 Å². The predicted molar refractivity (Wildman–Crippen MR) is 149 cm³/mol. The van der Waals surface area contributed by atoms with E-state index >= 15 is 0 Å². The smallest absolute Gasteiger partial charge is 0.363 e. The molecule has 1 aliphatic rings. The third-order valence-corrected chi connectivity index (χ3v) is 10.3. The molecule has 0 bridgehead atoms. The molecule has 2 aromatic carbocycles. The highest BCUT2D eigenvalue weighted by Crippen LogP contribution is 2.46. The Bertz CT molecular complexity index is 1530. The van der Waals surface area contributed by atoms with Crippen molar-refractivity contribution in [3.63, 3.8) is 0 Å². The maximum absolute atomic E-state index is 14.0. The highest BCUT2D eigenvalue weighted by atomic mass is 31.2. The number of rotatable bonds is 6. The summed E-state index contributed by atoms with van der Waals surface area (Å²) in [5.41, 5.74) is 2.42. The van der Waals surface area contributed by atoms with Gasteiger partial charge < -0.3 is 9.88 Å². The van der Waals surface area contributed by atoms with Gasteiger partial charge in [0.05, 0.1) is 23.3 Å². The van der Waals surface area contributed by atoms with E-state index in [4.69, 9.17) is 0 Å². The molecule has 2 aromatic heterocycles. The van der Waals surface area contributed by atoms with E-state index in [1.807, 2.05) is 18.2 Å². The summed E-state index contributed by atoms with van der Waals surface area (Å²) in [6, 6.07) is 15.8. The molecule has 0 spiro atoms. The lowest BCUT2D eigenvalue weighted by Crippen LogP contribution is -2.37. The minimum atomic E-state index is -4.43. The fraction of sp³-hybridized carbons (Fsp3) is 0.345. The molecule has 1 aliphatic heterocycles. The van der Waals surface area contributed by atoms with Crippen LogP contribution in [-0.4, -0.2) is 45.3 Å². The van der Waals surface area contributed by atoms with Gasteiger partial charge in [0.2, 0.25) is 0 Å². The summed E-state index contributed by atoms with van der Waals surface area (Å²) in [6.45, 7) is 7.29. The van der Waals surface area contributed by atoms with E-state index in [2.05, 4.69) is 37.3 Å². The molecule has 5 rings (SSSR count). The summed E-state index contributed by atoms with van der Waals surface area (Å²) in [5, 5.41) is 3.95. The number of halogens is 3. The normalized spacial score (nSPS) is 16.8. The van der Waals surface area contributed by atoms with Crippen LogP contribution >= 0.6 is 7.14 Å². The van der Waals surface area contributed by atoms with Crippen molar-refractivity contribution in [3.05, 3.63) is 88.9 Å². The Balaban J connectivity index is 1.41. The van der Waals surface area contributed by atoms with Crippen molar-refractivity contribution in [2.45, 2.75) is 39.5 Å². The van der Waals surface area contributed by atoms with Crippen molar-refractivity contribution in [1.29, 1.82) is 0 Å². The van der Waals surface area contributed by atoms with Crippen LogP contribution in [0.25, 0.3) is 10.9 Å². The van der Waals surface area contributed by atoms with E-state index in [1.54, 1.807) is 32.2 Å². The van der Waals surface area contributed by atoms with Gasteiger partial charge in [0.1, 0.15) is 24.2 Å². The second-order valence-corrected chi connectivity index (χ2v) is 13.3. The van der Waals surface area contributed by atoms with E-state index < -0.39 is 24.9 Å². The molecule has 1 atom stereocenters. The van der Waals surface area contributed by atoms with Gasteiger partial charge >= 0.3 is 6.18 Å². The number of nitrogens with one attached hydrogen (secondary N) is 1. The first-order valence-corrected chi connectivity index (χ1v) is 15.0. The van der Waals surface area contributed by atoms with Crippen molar-refractivity contribution in [2.75, 3.05) is 30.7 Å². The number of pyridine rings is 1. The zero-order chi connectivity index (χ0) is 27.8. The maximum atomic E-state index is 14.0. The highest BCUT2D eigenvalue weighted by Gasteiger charge is 2.34. The first-order chi connectivity index (χ1) is 18.5. The van der Waals surface area contributed by atoms with Gasteiger partial charge in [0.15, 0.2) is 0 Å². The van der Waals surface area contributed by atoms with Gasteiger partial charge in [-0.05, 0) is 49.6 Å². The summed E-state index contributed by atoms with van der Waals surface area (Å²) >= 11 is 0. The van der Waals surface area contributed by atoms with Gasteiger partial charge in [-0.2, -0.15) is 13.2 Å². The van der Waals surface area contributed by atoms with Crippen LogP contribution in [0.1, 0.15) is 41.0 Å². The molecule has 39 heavy (non-hydrogen) atoms. The first-order valence-electron chi connectivity index (χ1n) is 13.0. The van der Waals surface area contributed by atoms with E-state index in [1.165, 1.54) is 18.6 Å².